The Balaban J connectivity index is 1.46. The van der Waals surface area contributed by atoms with Gasteiger partial charge < -0.3 is 10.6 Å². The molecule has 0 bridgehead atoms. The predicted molar refractivity (Wildman–Crippen MR) is 90.2 cm³/mol. The Kier molecular flexibility index (Phi) is 7.06. The molecule has 0 heterocycles. The Morgan fingerprint density at radius 2 is 1.82 bits per heavy atom. The predicted octanol–water partition coefficient (Wildman–Crippen LogP) is 2.85. The highest BCUT2D eigenvalue weighted by molar-refractivity contribution is 7.99. The van der Waals surface area contributed by atoms with E-state index in [1.54, 1.807) is 11.8 Å². The van der Waals surface area contributed by atoms with Crippen molar-refractivity contribution in [2.45, 2.75) is 30.6 Å². The molecule has 2 N–H and O–H groups in total. The summed E-state index contributed by atoms with van der Waals surface area (Å²) in [5.74, 6) is 1.28. The molecule has 1 saturated carbocycles. The van der Waals surface area contributed by atoms with E-state index in [9.17, 15) is 9.59 Å². The molecule has 0 saturated heterocycles. The van der Waals surface area contributed by atoms with Gasteiger partial charge in [-0.15, -0.1) is 11.8 Å². The van der Waals surface area contributed by atoms with E-state index in [1.807, 2.05) is 24.3 Å². The first-order chi connectivity index (χ1) is 10.6. The summed E-state index contributed by atoms with van der Waals surface area (Å²) in [6.07, 6.45) is 3.34. The van der Waals surface area contributed by atoms with Gasteiger partial charge in [-0.25, -0.2) is 0 Å². The molecule has 1 fully saturated rings. The molecule has 0 aliphatic heterocycles. The normalized spacial score (nSPS) is 13.7. The summed E-state index contributed by atoms with van der Waals surface area (Å²) in [6.45, 7) is 1.02. The van der Waals surface area contributed by atoms with Crippen LogP contribution in [-0.4, -0.2) is 30.7 Å². The van der Waals surface area contributed by atoms with E-state index in [2.05, 4.69) is 10.6 Å². The van der Waals surface area contributed by atoms with E-state index in [-0.39, 0.29) is 17.7 Å². The SMILES string of the molecule is O=C(CCCSc1ccc(Cl)cc1)NCCNC(=O)C1CC1. The number of nitrogens with one attached hydrogen (secondary N) is 2. The molecule has 120 valence electrons. The Morgan fingerprint density at radius 1 is 1.14 bits per heavy atom. The van der Waals surface area contributed by atoms with Crippen LogP contribution >= 0.6 is 23.4 Å². The highest BCUT2D eigenvalue weighted by Crippen LogP contribution is 2.28. The molecule has 0 aromatic heterocycles. The Hall–Kier alpha value is -1.20. The average Bonchev–Trinajstić information content (AvgIpc) is 3.34. The van der Waals surface area contributed by atoms with Gasteiger partial charge in [-0.1, -0.05) is 11.6 Å². The summed E-state index contributed by atoms with van der Waals surface area (Å²) in [5, 5.41) is 6.38. The summed E-state index contributed by atoms with van der Waals surface area (Å²) in [4.78, 5) is 24.2. The lowest BCUT2D eigenvalue weighted by Gasteiger charge is -2.06. The number of carbonyl (C=O) groups is 2. The summed E-state index contributed by atoms with van der Waals surface area (Å²) in [5.41, 5.74) is 0. The number of carbonyl (C=O) groups excluding carboxylic acids is 2. The van der Waals surface area contributed by atoms with Crippen LogP contribution in [0.25, 0.3) is 0 Å². The van der Waals surface area contributed by atoms with Crippen LogP contribution in [0, 0.1) is 5.92 Å². The maximum absolute atomic E-state index is 11.6. The Labute approximate surface area is 140 Å². The van der Waals surface area contributed by atoms with Crippen LogP contribution in [0.3, 0.4) is 0 Å². The smallest absolute Gasteiger partial charge is 0.223 e. The summed E-state index contributed by atoms with van der Waals surface area (Å²) < 4.78 is 0. The molecule has 22 heavy (non-hydrogen) atoms. The minimum Gasteiger partial charge on any atom is -0.354 e. The fourth-order valence-electron chi connectivity index (χ4n) is 1.92. The van der Waals surface area contributed by atoms with Gasteiger partial charge in [0.1, 0.15) is 0 Å². The highest BCUT2D eigenvalue weighted by atomic mass is 35.5. The fourth-order valence-corrected chi connectivity index (χ4v) is 2.90. The highest BCUT2D eigenvalue weighted by Gasteiger charge is 2.28. The maximum Gasteiger partial charge on any atom is 0.223 e. The van der Waals surface area contributed by atoms with E-state index in [0.717, 1.165) is 34.9 Å². The first kappa shape index (κ1) is 17.2. The van der Waals surface area contributed by atoms with Crippen LogP contribution in [0.1, 0.15) is 25.7 Å². The van der Waals surface area contributed by atoms with Crippen molar-refractivity contribution in [3.8, 4) is 0 Å². The van der Waals surface area contributed by atoms with Crippen LogP contribution in [0.2, 0.25) is 5.02 Å². The van der Waals surface area contributed by atoms with Crippen LogP contribution in [0.5, 0.6) is 0 Å². The molecule has 2 rings (SSSR count). The standard InChI is InChI=1S/C16H21ClN2O2S/c17-13-5-7-14(8-6-13)22-11-1-2-15(20)18-9-10-19-16(21)12-3-4-12/h5-8,12H,1-4,9-11H2,(H,18,20)(H,19,21). The number of hydrogen-bond donors (Lipinski definition) is 2. The van der Waals surface area contributed by atoms with Crippen molar-refractivity contribution in [2.75, 3.05) is 18.8 Å². The molecule has 1 aromatic carbocycles. The van der Waals surface area contributed by atoms with E-state index in [1.165, 1.54) is 0 Å². The summed E-state index contributed by atoms with van der Waals surface area (Å²) in [6, 6.07) is 7.70. The molecular formula is C16H21ClN2O2S. The second-order valence-corrected chi connectivity index (χ2v) is 6.93. The number of thioether (sulfide) groups is 1. The van der Waals surface area contributed by atoms with E-state index in [0.29, 0.717) is 19.5 Å². The third kappa shape index (κ3) is 6.71. The topological polar surface area (TPSA) is 58.2 Å². The number of rotatable bonds is 9. The van der Waals surface area contributed by atoms with Crippen LogP contribution < -0.4 is 10.6 Å². The number of halogens is 1. The zero-order chi connectivity index (χ0) is 15.8. The molecule has 4 nitrogen and oxygen atoms in total. The van der Waals surface area contributed by atoms with Crippen LogP contribution in [0.4, 0.5) is 0 Å². The van der Waals surface area contributed by atoms with Gasteiger partial charge in [0.2, 0.25) is 11.8 Å². The van der Waals surface area contributed by atoms with E-state index < -0.39 is 0 Å². The van der Waals surface area contributed by atoms with Crippen LogP contribution in [0.15, 0.2) is 29.2 Å². The Morgan fingerprint density at radius 3 is 2.50 bits per heavy atom. The van der Waals surface area contributed by atoms with Gasteiger partial charge in [0.25, 0.3) is 0 Å². The molecule has 1 aliphatic rings. The third-order valence-corrected chi connectivity index (χ3v) is 4.68. The lowest BCUT2D eigenvalue weighted by atomic mass is 10.3. The zero-order valence-electron chi connectivity index (χ0n) is 12.4. The van der Waals surface area contributed by atoms with Crippen molar-refractivity contribution in [3.63, 3.8) is 0 Å². The molecule has 1 aromatic rings. The maximum atomic E-state index is 11.6. The van der Waals surface area contributed by atoms with E-state index >= 15 is 0 Å². The second kappa shape index (κ2) is 9.06. The van der Waals surface area contributed by atoms with Crippen molar-refractivity contribution in [2.24, 2.45) is 5.92 Å². The lowest BCUT2D eigenvalue weighted by molar-refractivity contribution is -0.123. The summed E-state index contributed by atoms with van der Waals surface area (Å²) in [7, 11) is 0. The minimum absolute atomic E-state index is 0.0392. The van der Waals surface area contributed by atoms with Gasteiger partial charge >= 0.3 is 0 Å². The average molecular weight is 341 g/mol. The van der Waals surface area contributed by atoms with Crippen molar-refractivity contribution < 1.29 is 9.59 Å². The van der Waals surface area contributed by atoms with Crippen LogP contribution in [-0.2, 0) is 9.59 Å². The first-order valence-corrected chi connectivity index (χ1v) is 8.94. The van der Waals surface area contributed by atoms with Gasteiger partial charge in [-0.05, 0) is 49.3 Å². The molecule has 0 spiro atoms. The van der Waals surface area contributed by atoms with Crippen molar-refractivity contribution in [1.29, 1.82) is 0 Å². The molecule has 6 heteroatoms. The van der Waals surface area contributed by atoms with Crippen molar-refractivity contribution in [1.82, 2.24) is 10.6 Å². The summed E-state index contributed by atoms with van der Waals surface area (Å²) >= 11 is 7.54. The van der Waals surface area contributed by atoms with Gasteiger partial charge in [0.05, 0.1) is 0 Å². The molecule has 1 aliphatic carbocycles. The number of hydrogen-bond acceptors (Lipinski definition) is 3. The minimum atomic E-state index is 0.0392. The van der Waals surface area contributed by atoms with Gasteiger partial charge in [-0.3, -0.25) is 9.59 Å². The van der Waals surface area contributed by atoms with Crippen molar-refractivity contribution >= 4 is 35.2 Å². The van der Waals surface area contributed by atoms with Gasteiger partial charge in [0.15, 0.2) is 0 Å². The quantitative estimate of drug-likeness (QED) is 0.537. The van der Waals surface area contributed by atoms with E-state index in [4.69, 9.17) is 11.6 Å². The molecule has 0 atom stereocenters. The molecule has 0 radical (unpaired) electrons. The number of benzene rings is 1. The van der Waals surface area contributed by atoms with Gasteiger partial charge in [0, 0.05) is 35.3 Å². The lowest BCUT2D eigenvalue weighted by Crippen LogP contribution is -2.35. The Bertz CT molecular complexity index is 503. The monoisotopic (exact) mass is 340 g/mol. The zero-order valence-corrected chi connectivity index (χ0v) is 14.0. The third-order valence-electron chi connectivity index (χ3n) is 3.33. The van der Waals surface area contributed by atoms with Gasteiger partial charge in [-0.2, -0.15) is 0 Å². The van der Waals surface area contributed by atoms with Crippen molar-refractivity contribution in [3.05, 3.63) is 29.3 Å². The molecular weight excluding hydrogens is 320 g/mol. The number of amides is 2. The largest absolute Gasteiger partial charge is 0.354 e. The fraction of sp³-hybridized carbons (Fsp3) is 0.500. The first-order valence-electron chi connectivity index (χ1n) is 7.58. The molecule has 0 unspecified atom stereocenters. The second-order valence-electron chi connectivity index (χ2n) is 5.32. The molecule has 2 amide bonds.